The Morgan fingerprint density at radius 3 is 2.28 bits per heavy atom. The third-order valence-corrected chi connectivity index (χ3v) is 4.94. The van der Waals surface area contributed by atoms with Crippen molar-refractivity contribution >= 4 is 38.9 Å². The summed E-state index contributed by atoms with van der Waals surface area (Å²) in [6.07, 6.45) is -4.87. The Morgan fingerprint density at radius 1 is 1.12 bits per heavy atom. The van der Waals surface area contributed by atoms with E-state index in [-0.39, 0.29) is 5.69 Å². The third-order valence-electron chi connectivity index (χ3n) is 3.40. The van der Waals surface area contributed by atoms with Crippen LogP contribution >= 0.6 is 23.2 Å². The molecule has 0 aromatic heterocycles. The number of rotatable bonds is 4. The molecule has 0 aliphatic heterocycles. The van der Waals surface area contributed by atoms with E-state index in [2.05, 4.69) is 5.32 Å². The van der Waals surface area contributed by atoms with Gasteiger partial charge in [0, 0.05) is 21.8 Å². The lowest BCUT2D eigenvalue weighted by Crippen LogP contribution is -2.19. The van der Waals surface area contributed by atoms with Crippen LogP contribution in [0.3, 0.4) is 0 Å². The number of primary sulfonamides is 1. The zero-order chi connectivity index (χ0) is 19.0. The van der Waals surface area contributed by atoms with Crippen molar-refractivity contribution in [2.45, 2.75) is 24.0 Å². The molecule has 0 bridgehead atoms. The lowest BCUT2D eigenvalue weighted by atomic mass is 10.1. The minimum Gasteiger partial charge on any atom is -0.378 e. The molecule has 0 saturated heterocycles. The summed E-state index contributed by atoms with van der Waals surface area (Å²) < 4.78 is 62.2. The summed E-state index contributed by atoms with van der Waals surface area (Å²) in [6, 6.07) is 7.03. The van der Waals surface area contributed by atoms with Crippen molar-refractivity contribution in [3.63, 3.8) is 0 Å². The highest BCUT2D eigenvalue weighted by atomic mass is 35.5. The van der Waals surface area contributed by atoms with Crippen molar-refractivity contribution in [2.75, 3.05) is 5.32 Å². The fraction of sp³-hybridized carbons (Fsp3) is 0.200. The highest BCUT2D eigenvalue weighted by Crippen LogP contribution is 2.36. The van der Waals surface area contributed by atoms with Crippen LogP contribution in [0, 0.1) is 0 Å². The number of sulfonamides is 1. The molecule has 0 amide bonds. The number of anilines is 1. The molecule has 0 spiro atoms. The Balaban J connectivity index is 2.40. The van der Waals surface area contributed by atoms with Gasteiger partial charge in [0.2, 0.25) is 10.0 Å². The second-order valence-electron chi connectivity index (χ2n) is 5.29. The van der Waals surface area contributed by atoms with Crippen molar-refractivity contribution in [2.24, 2.45) is 5.14 Å². The van der Waals surface area contributed by atoms with Crippen LogP contribution in [-0.4, -0.2) is 8.42 Å². The number of hydrogen-bond donors (Lipinski definition) is 2. The molecule has 0 unspecified atom stereocenters. The van der Waals surface area contributed by atoms with Crippen molar-refractivity contribution < 1.29 is 21.6 Å². The van der Waals surface area contributed by atoms with Crippen LogP contribution in [0.4, 0.5) is 18.9 Å². The normalized spacial score (nSPS) is 13.6. The van der Waals surface area contributed by atoms with E-state index in [4.69, 9.17) is 28.3 Å². The maximum Gasteiger partial charge on any atom is 0.417 e. The number of hydrogen-bond acceptors (Lipinski definition) is 3. The van der Waals surface area contributed by atoms with Gasteiger partial charge in [0.15, 0.2) is 0 Å². The smallest absolute Gasteiger partial charge is 0.378 e. The van der Waals surface area contributed by atoms with Gasteiger partial charge >= 0.3 is 6.18 Å². The molecule has 3 N–H and O–H groups in total. The molecular weight excluding hydrogens is 400 g/mol. The second kappa shape index (κ2) is 7.03. The zero-order valence-corrected chi connectivity index (χ0v) is 15.1. The van der Waals surface area contributed by atoms with Crippen molar-refractivity contribution in [3.05, 3.63) is 57.6 Å². The first-order valence-corrected chi connectivity index (χ1v) is 9.15. The maximum atomic E-state index is 13.1. The van der Waals surface area contributed by atoms with Crippen molar-refractivity contribution in [1.82, 2.24) is 0 Å². The van der Waals surface area contributed by atoms with Gasteiger partial charge in [-0.1, -0.05) is 29.3 Å². The zero-order valence-electron chi connectivity index (χ0n) is 12.7. The lowest BCUT2D eigenvalue weighted by Gasteiger charge is -2.19. The fourth-order valence-electron chi connectivity index (χ4n) is 2.27. The standard InChI is InChI=1S/C15H13Cl2F3N2O2S/c1-8(11-4-2-9(16)6-13(11)17)22-10-3-5-14(25(21,23)24)12(7-10)15(18,19)20/h2-8,22H,1H3,(H2,21,23,24)/t8-/m1/s1. The van der Waals surface area contributed by atoms with E-state index in [1.54, 1.807) is 19.1 Å². The van der Waals surface area contributed by atoms with Gasteiger partial charge in [-0.3, -0.25) is 0 Å². The quantitative estimate of drug-likeness (QED) is 0.754. The highest BCUT2D eigenvalue weighted by molar-refractivity contribution is 7.89. The largest absolute Gasteiger partial charge is 0.417 e. The first-order valence-electron chi connectivity index (χ1n) is 6.85. The lowest BCUT2D eigenvalue weighted by molar-refractivity contribution is -0.139. The summed E-state index contributed by atoms with van der Waals surface area (Å²) in [5.41, 5.74) is -0.650. The molecule has 0 radical (unpaired) electrons. The van der Waals surface area contributed by atoms with Crippen LogP contribution in [0.25, 0.3) is 0 Å². The van der Waals surface area contributed by atoms with Gasteiger partial charge in [-0.25, -0.2) is 13.6 Å². The van der Waals surface area contributed by atoms with E-state index in [9.17, 15) is 21.6 Å². The Hall–Kier alpha value is -1.48. The van der Waals surface area contributed by atoms with E-state index in [0.29, 0.717) is 21.7 Å². The Morgan fingerprint density at radius 2 is 1.76 bits per heavy atom. The summed E-state index contributed by atoms with van der Waals surface area (Å²) in [5.74, 6) is 0. The summed E-state index contributed by atoms with van der Waals surface area (Å²) in [5, 5.41) is 8.48. The predicted molar refractivity (Wildman–Crippen MR) is 91.3 cm³/mol. The maximum absolute atomic E-state index is 13.1. The van der Waals surface area contributed by atoms with Gasteiger partial charge < -0.3 is 5.32 Å². The highest BCUT2D eigenvalue weighted by Gasteiger charge is 2.36. The monoisotopic (exact) mass is 412 g/mol. The molecular formula is C15H13Cl2F3N2O2S. The summed E-state index contributed by atoms with van der Waals surface area (Å²) in [4.78, 5) is -0.984. The molecule has 4 nitrogen and oxygen atoms in total. The minimum absolute atomic E-state index is 0.0678. The van der Waals surface area contributed by atoms with E-state index < -0.39 is 32.7 Å². The second-order valence-corrected chi connectivity index (χ2v) is 7.66. The number of benzene rings is 2. The average Bonchev–Trinajstić information content (AvgIpc) is 2.44. The molecule has 0 heterocycles. The van der Waals surface area contributed by atoms with Crippen molar-refractivity contribution in [1.29, 1.82) is 0 Å². The van der Waals surface area contributed by atoms with Gasteiger partial charge in [0.1, 0.15) is 0 Å². The van der Waals surface area contributed by atoms with E-state index in [1.165, 1.54) is 12.1 Å². The topological polar surface area (TPSA) is 72.2 Å². The minimum atomic E-state index is -4.87. The SMILES string of the molecule is C[C@@H](Nc1ccc(S(N)(=O)=O)c(C(F)(F)F)c1)c1ccc(Cl)cc1Cl. The van der Waals surface area contributed by atoms with E-state index >= 15 is 0 Å². The number of halogens is 5. The third kappa shape index (κ3) is 4.78. The molecule has 2 aromatic carbocycles. The van der Waals surface area contributed by atoms with Gasteiger partial charge in [-0.2, -0.15) is 13.2 Å². The molecule has 0 saturated carbocycles. The van der Waals surface area contributed by atoms with Crippen LogP contribution in [0.15, 0.2) is 41.3 Å². The molecule has 136 valence electrons. The average molecular weight is 413 g/mol. The van der Waals surface area contributed by atoms with Crippen LogP contribution in [0.2, 0.25) is 10.0 Å². The Bertz CT molecular complexity index is 902. The fourth-order valence-corrected chi connectivity index (χ4v) is 3.58. The molecule has 0 aliphatic rings. The van der Waals surface area contributed by atoms with E-state index in [0.717, 1.165) is 6.07 Å². The van der Waals surface area contributed by atoms with E-state index in [1.807, 2.05) is 0 Å². The van der Waals surface area contributed by atoms with Gasteiger partial charge in [0.25, 0.3) is 0 Å². The van der Waals surface area contributed by atoms with Crippen molar-refractivity contribution in [3.8, 4) is 0 Å². The summed E-state index contributed by atoms with van der Waals surface area (Å²) in [7, 11) is -4.51. The Kier molecular flexibility index (Phi) is 5.58. The van der Waals surface area contributed by atoms with Crippen LogP contribution < -0.4 is 10.5 Å². The molecule has 1 atom stereocenters. The molecule has 2 aromatic rings. The first-order chi connectivity index (χ1) is 11.4. The molecule has 0 aliphatic carbocycles. The summed E-state index contributed by atoms with van der Waals surface area (Å²) >= 11 is 11.9. The van der Waals surface area contributed by atoms with Gasteiger partial charge in [-0.05, 0) is 42.8 Å². The van der Waals surface area contributed by atoms with Crippen LogP contribution in [0.1, 0.15) is 24.1 Å². The predicted octanol–water partition coefficient (Wildman–Crippen LogP) is 4.83. The summed E-state index contributed by atoms with van der Waals surface area (Å²) in [6.45, 7) is 1.69. The molecule has 10 heteroatoms. The van der Waals surface area contributed by atoms with Crippen LogP contribution in [0.5, 0.6) is 0 Å². The van der Waals surface area contributed by atoms with Gasteiger partial charge in [0.05, 0.1) is 10.5 Å². The molecule has 0 fully saturated rings. The van der Waals surface area contributed by atoms with Crippen LogP contribution in [-0.2, 0) is 16.2 Å². The molecule has 25 heavy (non-hydrogen) atoms. The number of nitrogens with two attached hydrogens (primary N) is 1. The molecule has 2 rings (SSSR count). The van der Waals surface area contributed by atoms with Gasteiger partial charge in [-0.15, -0.1) is 0 Å². The number of alkyl halides is 3. The number of nitrogens with one attached hydrogen (secondary N) is 1. The first kappa shape index (κ1) is 19.8. The Labute approximate surface area is 152 Å².